The fourth-order valence-corrected chi connectivity index (χ4v) is 4.71. The van der Waals surface area contributed by atoms with Crippen molar-refractivity contribution in [3.05, 3.63) is 51.8 Å². The monoisotopic (exact) mass is 406 g/mol. The van der Waals surface area contributed by atoms with Crippen molar-refractivity contribution >= 4 is 35.1 Å². The molecule has 1 aromatic heterocycles. The predicted molar refractivity (Wildman–Crippen MR) is 106 cm³/mol. The molecule has 1 saturated carbocycles. The van der Waals surface area contributed by atoms with Crippen LogP contribution < -0.4 is 21.5 Å². The Labute approximate surface area is 170 Å². The number of nitrogens with two attached hydrogens (primary N) is 1. The minimum Gasteiger partial charge on any atom is -0.384 e. The second-order valence-corrected chi connectivity index (χ2v) is 7.80. The van der Waals surface area contributed by atoms with E-state index in [1.807, 2.05) is 0 Å². The van der Waals surface area contributed by atoms with E-state index in [0.29, 0.717) is 11.4 Å². The first-order valence-corrected chi connectivity index (χ1v) is 9.78. The van der Waals surface area contributed by atoms with E-state index in [1.54, 1.807) is 24.3 Å². The molecule has 0 spiro atoms. The van der Waals surface area contributed by atoms with Gasteiger partial charge in [-0.3, -0.25) is 38.8 Å². The van der Waals surface area contributed by atoms with E-state index in [2.05, 4.69) is 5.32 Å². The Hall–Kier alpha value is -3.75. The lowest BCUT2D eigenvalue weighted by Crippen LogP contribution is -2.31. The number of benzene rings is 1. The molecule has 1 aromatic carbocycles. The zero-order valence-corrected chi connectivity index (χ0v) is 15.9. The fraction of sp³-hybridized carbons (Fsp3) is 0.286. The Morgan fingerprint density at radius 1 is 0.833 bits per heavy atom. The number of carbonyl (C=O) groups is 4. The topological polar surface area (TPSA) is 132 Å². The summed E-state index contributed by atoms with van der Waals surface area (Å²) < 4.78 is 1.12. The van der Waals surface area contributed by atoms with Gasteiger partial charge < -0.3 is 5.73 Å². The van der Waals surface area contributed by atoms with Gasteiger partial charge in [0.15, 0.2) is 0 Å². The molecular weight excluding hydrogens is 388 g/mol. The minimum absolute atomic E-state index is 0.0438. The van der Waals surface area contributed by atoms with E-state index in [4.69, 9.17) is 5.73 Å². The predicted octanol–water partition coefficient (Wildman–Crippen LogP) is 0.983. The molecule has 2 aromatic rings. The number of aromatic nitrogens is 1. The normalized spacial score (nSPS) is 22.9. The molecular formula is C21H18N4O5. The van der Waals surface area contributed by atoms with Crippen LogP contribution in [0.1, 0.15) is 46.4 Å². The zero-order chi connectivity index (χ0) is 21.2. The van der Waals surface area contributed by atoms with Crippen LogP contribution in [0, 0.1) is 11.8 Å². The van der Waals surface area contributed by atoms with Gasteiger partial charge >= 0.3 is 0 Å². The van der Waals surface area contributed by atoms with Crippen molar-refractivity contribution in [3.63, 3.8) is 0 Å². The smallest absolute Gasteiger partial charge is 0.262 e. The molecule has 2 aliphatic heterocycles. The Bertz CT molecular complexity index is 1170. The number of nitrogen functional groups attached to an aromatic ring is 1. The first-order valence-electron chi connectivity index (χ1n) is 9.78. The second kappa shape index (κ2) is 6.38. The summed E-state index contributed by atoms with van der Waals surface area (Å²) in [6, 6.07) is 7.32. The third-order valence-electron chi connectivity index (χ3n) is 6.16. The number of pyridine rings is 1. The highest BCUT2D eigenvalue weighted by molar-refractivity contribution is 6.23. The lowest BCUT2D eigenvalue weighted by atomic mass is 9.81. The molecule has 4 amide bonds. The number of nitrogens with zero attached hydrogens (tertiary/aromatic N) is 2. The molecule has 3 heterocycles. The molecule has 9 heteroatoms. The van der Waals surface area contributed by atoms with Crippen LogP contribution in [-0.4, -0.2) is 28.2 Å². The first-order chi connectivity index (χ1) is 14.4. The molecule has 1 aliphatic carbocycles. The van der Waals surface area contributed by atoms with Crippen molar-refractivity contribution in [1.82, 2.24) is 9.88 Å². The lowest BCUT2D eigenvalue weighted by Gasteiger charge is -2.19. The highest BCUT2D eigenvalue weighted by Gasteiger charge is 2.48. The van der Waals surface area contributed by atoms with Crippen LogP contribution in [-0.2, 0) is 9.59 Å². The maximum Gasteiger partial charge on any atom is 0.262 e. The summed E-state index contributed by atoms with van der Waals surface area (Å²) in [5, 5.41) is 2.12. The van der Waals surface area contributed by atoms with Gasteiger partial charge in [-0.2, -0.15) is 0 Å². The number of rotatable bonds is 2. The average molecular weight is 406 g/mol. The molecule has 3 N–H and O–H groups in total. The molecule has 9 nitrogen and oxygen atoms in total. The summed E-state index contributed by atoms with van der Waals surface area (Å²) in [4.78, 5) is 63.1. The van der Waals surface area contributed by atoms with E-state index in [9.17, 15) is 24.0 Å². The second-order valence-electron chi connectivity index (χ2n) is 7.80. The van der Waals surface area contributed by atoms with Gasteiger partial charge in [-0.25, -0.2) is 0 Å². The molecule has 2 unspecified atom stereocenters. The molecule has 0 radical (unpaired) electrons. The van der Waals surface area contributed by atoms with Crippen molar-refractivity contribution < 1.29 is 19.2 Å². The van der Waals surface area contributed by atoms with Gasteiger partial charge in [0, 0.05) is 6.07 Å². The van der Waals surface area contributed by atoms with Crippen LogP contribution in [0.15, 0.2) is 35.1 Å². The number of imide groups is 2. The van der Waals surface area contributed by atoms with Crippen LogP contribution in [0.5, 0.6) is 0 Å². The Morgan fingerprint density at radius 2 is 1.40 bits per heavy atom. The zero-order valence-electron chi connectivity index (χ0n) is 15.9. The third-order valence-corrected chi connectivity index (χ3v) is 6.16. The average Bonchev–Trinajstić information content (AvgIpc) is 3.15. The largest absolute Gasteiger partial charge is 0.384 e. The van der Waals surface area contributed by atoms with Gasteiger partial charge in [0.1, 0.15) is 5.82 Å². The van der Waals surface area contributed by atoms with Gasteiger partial charge in [-0.15, -0.1) is 0 Å². The summed E-state index contributed by atoms with van der Waals surface area (Å²) in [6.07, 6.45) is 3.35. The first kappa shape index (κ1) is 18.3. The Balaban J connectivity index is 1.53. The van der Waals surface area contributed by atoms with Gasteiger partial charge in [-0.05, 0) is 37.1 Å². The van der Waals surface area contributed by atoms with Gasteiger partial charge in [0.25, 0.3) is 17.4 Å². The van der Waals surface area contributed by atoms with Gasteiger partial charge in [0.2, 0.25) is 11.8 Å². The number of amides is 4. The molecule has 2 fully saturated rings. The Kier molecular flexibility index (Phi) is 3.89. The number of anilines is 2. The highest BCUT2D eigenvalue weighted by atomic mass is 16.2. The maximum atomic E-state index is 12.8. The SMILES string of the molecule is Nc1c2c(cc(=O)n1-c1ccc(N3C(=O)C4CCCCC4C3=O)cc1)C(=O)NC2=O. The minimum atomic E-state index is -0.659. The van der Waals surface area contributed by atoms with Crippen molar-refractivity contribution in [3.8, 4) is 5.69 Å². The van der Waals surface area contributed by atoms with Crippen molar-refractivity contribution in [2.75, 3.05) is 10.6 Å². The molecule has 152 valence electrons. The summed E-state index contributed by atoms with van der Waals surface area (Å²) in [5.41, 5.74) is 6.16. The number of carbonyl (C=O) groups excluding carboxylic acids is 4. The molecule has 0 bridgehead atoms. The molecule has 3 aliphatic rings. The summed E-state index contributed by atoms with van der Waals surface area (Å²) >= 11 is 0. The number of hydrogen-bond donors (Lipinski definition) is 2. The van der Waals surface area contributed by atoms with E-state index < -0.39 is 17.4 Å². The lowest BCUT2D eigenvalue weighted by molar-refractivity contribution is -0.122. The van der Waals surface area contributed by atoms with E-state index in [-0.39, 0.29) is 40.6 Å². The molecule has 2 atom stereocenters. The summed E-state index contributed by atoms with van der Waals surface area (Å²) in [7, 11) is 0. The number of fused-ring (bicyclic) bond motifs is 2. The van der Waals surface area contributed by atoms with Crippen molar-refractivity contribution in [2.45, 2.75) is 25.7 Å². The van der Waals surface area contributed by atoms with Crippen molar-refractivity contribution in [1.29, 1.82) is 0 Å². The summed E-state index contributed by atoms with van der Waals surface area (Å²) in [6.45, 7) is 0. The maximum absolute atomic E-state index is 12.8. The van der Waals surface area contributed by atoms with Crippen LogP contribution in [0.25, 0.3) is 5.69 Å². The van der Waals surface area contributed by atoms with E-state index >= 15 is 0 Å². The number of nitrogens with one attached hydrogen (secondary N) is 1. The van der Waals surface area contributed by atoms with Crippen LogP contribution in [0.2, 0.25) is 0 Å². The Morgan fingerprint density at radius 3 is 2.00 bits per heavy atom. The molecule has 5 rings (SSSR count). The van der Waals surface area contributed by atoms with Gasteiger partial charge in [0.05, 0.1) is 34.3 Å². The van der Waals surface area contributed by atoms with Crippen LogP contribution >= 0.6 is 0 Å². The standard InChI is InChI=1S/C21H18N4O5/c22-17-16-14(18(27)23-19(16)28)9-15(26)24(17)10-5-7-11(8-6-10)25-20(29)12-3-1-2-4-13(12)21(25)30/h5-9,12-13H,1-4,22H2,(H,23,27,28). The van der Waals surface area contributed by atoms with E-state index in [0.717, 1.165) is 36.3 Å². The third kappa shape index (κ3) is 2.44. The van der Waals surface area contributed by atoms with Crippen LogP contribution in [0.4, 0.5) is 11.5 Å². The van der Waals surface area contributed by atoms with Crippen LogP contribution in [0.3, 0.4) is 0 Å². The number of hydrogen-bond acceptors (Lipinski definition) is 6. The quantitative estimate of drug-likeness (QED) is 0.715. The fourth-order valence-electron chi connectivity index (χ4n) is 4.71. The molecule has 1 saturated heterocycles. The molecule has 30 heavy (non-hydrogen) atoms. The summed E-state index contributed by atoms with van der Waals surface area (Å²) in [5.74, 6) is -2.33. The van der Waals surface area contributed by atoms with Crippen molar-refractivity contribution in [2.24, 2.45) is 11.8 Å². The highest BCUT2D eigenvalue weighted by Crippen LogP contribution is 2.40. The van der Waals surface area contributed by atoms with E-state index in [1.165, 1.54) is 4.90 Å². The van der Waals surface area contributed by atoms with Gasteiger partial charge in [-0.1, -0.05) is 12.8 Å².